The number of carbonyl (C=O) groups is 2. The predicted molar refractivity (Wildman–Crippen MR) is 122 cm³/mol. The highest BCUT2D eigenvalue weighted by molar-refractivity contribution is 6.02. The highest BCUT2D eigenvalue weighted by Crippen LogP contribution is 2.51. The van der Waals surface area contributed by atoms with Gasteiger partial charge >= 0.3 is 0 Å². The largest absolute Gasteiger partial charge is 0.454 e. The van der Waals surface area contributed by atoms with Gasteiger partial charge in [-0.3, -0.25) is 9.59 Å². The third kappa shape index (κ3) is 3.47. The number of carbonyl (C=O) groups excluding carboxylic acids is 2. The molecule has 3 aromatic carbocycles. The first-order chi connectivity index (χ1) is 15.5. The van der Waals surface area contributed by atoms with Gasteiger partial charge in [-0.25, -0.2) is 0 Å². The lowest BCUT2D eigenvalue weighted by atomic mass is 9.93. The quantitative estimate of drug-likeness (QED) is 0.608. The molecule has 1 saturated carbocycles. The van der Waals surface area contributed by atoms with E-state index >= 15 is 0 Å². The molecule has 3 aromatic rings. The first-order valence-electron chi connectivity index (χ1n) is 10.7. The standard InChI is InChI=1S/C26H24N2O4/c1-2-16-7-9-20(14-21(16)17-3-5-18(6-4-17)24(27)29)28-25(30)26(11-12-26)19-8-10-22-23(13-19)32-15-31-22/h3-10,13-14H,2,11-12,15H2,1H3,(H2,27,29)(H,28,30). The Morgan fingerprint density at radius 1 is 0.969 bits per heavy atom. The van der Waals surface area contributed by atoms with Crippen molar-refractivity contribution in [1.29, 1.82) is 0 Å². The van der Waals surface area contributed by atoms with Gasteiger partial charge in [0.15, 0.2) is 11.5 Å². The number of rotatable bonds is 6. The van der Waals surface area contributed by atoms with Gasteiger partial charge in [0.1, 0.15) is 0 Å². The molecule has 1 fully saturated rings. The summed E-state index contributed by atoms with van der Waals surface area (Å²) in [4.78, 5) is 24.7. The summed E-state index contributed by atoms with van der Waals surface area (Å²) in [5.41, 5.74) is 10.1. The maximum absolute atomic E-state index is 13.3. The van der Waals surface area contributed by atoms with Crippen molar-refractivity contribution < 1.29 is 19.1 Å². The molecule has 5 rings (SSSR count). The van der Waals surface area contributed by atoms with Crippen LogP contribution in [0.2, 0.25) is 0 Å². The van der Waals surface area contributed by atoms with Crippen LogP contribution < -0.4 is 20.5 Å². The smallest absolute Gasteiger partial charge is 0.248 e. The van der Waals surface area contributed by atoms with Crippen LogP contribution in [0, 0.1) is 0 Å². The zero-order valence-corrected chi connectivity index (χ0v) is 17.8. The summed E-state index contributed by atoms with van der Waals surface area (Å²) in [5.74, 6) is 0.935. The highest BCUT2D eigenvalue weighted by Gasteiger charge is 2.51. The van der Waals surface area contributed by atoms with E-state index in [4.69, 9.17) is 15.2 Å². The highest BCUT2D eigenvalue weighted by atomic mass is 16.7. The summed E-state index contributed by atoms with van der Waals surface area (Å²) in [5, 5.41) is 3.12. The van der Waals surface area contributed by atoms with Gasteiger partial charge in [0.25, 0.3) is 0 Å². The summed E-state index contributed by atoms with van der Waals surface area (Å²) in [7, 11) is 0. The van der Waals surface area contributed by atoms with Crippen molar-refractivity contribution in [1.82, 2.24) is 0 Å². The minimum absolute atomic E-state index is 0.0179. The maximum Gasteiger partial charge on any atom is 0.248 e. The number of benzene rings is 3. The van der Waals surface area contributed by atoms with Crippen LogP contribution in [0.5, 0.6) is 11.5 Å². The first-order valence-corrected chi connectivity index (χ1v) is 10.7. The normalized spacial score (nSPS) is 15.3. The van der Waals surface area contributed by atoms with Crippen molar-refractivity contribution in [3.8, 4) is 22.6 Å². The van der Waals surface area contributed by atoms with Crippen molar-refractivity contribution in [2.45, 2.75) is 31.6 Å². The van der Waals surface area contributed by atoms with Crippen molar-refractivity contribution >= 4 is 17.5 Å². The van der Waals surface area contributed by atoms with Gasteiger partial charge in [-0.15, -0.1) is 0 Å². The summed E-state index contributed by atoms with van der Waals surface area (Å²) in [6, 6.07) is 18.9. The molecule has 0 aromatic heterocycles. The summed E-state index contributed by atoms with van der Waals surface area (Å²) in [6.07, 6.45) is 2.45. The monoisotopic (exact) mass is 428 g/mol. The van der Waals surface area contributed by atoms with Crippen LogP contribution in [0.25, 0.3) is 11.1 Å². The summed E-state index contributed by atoms with van der Waals surface area (Å²) in [6.45, 7) is 2.30. The Labute approximate surface area is 186 Å². The minimum Gasteiger partial charge on any atom is -0.454 e. The Morgan fingerprint density at radius 3 is 2.41 bits per heavy atom. The molecule has 0 bridgehead atoms. The topological polar surface area (TPSA) is 90.7 Å². The van der Waals surface area contributed by atoms with Crippen molar-refractivity contribution in [3.05, 3.63) is 77.4 Å². The first kappa shape index (κ1) is 20.1. The van der Waals surface area contributed by atoms with E-state index < -0.39 is 11.3 Å². The number of nitrogens with two attached hydrogens (primary N) is 1. The van der Waals surface area contributed by atoms with Gasteiger partial charge in [-0.1, -0.05) is 31.2 Å². The van der Waals surface area contributed by atoms with Crippen LogP contribution in [0.1, 0.15) is 41.3 Å². The Kier molecular flexibility index (Phi) is 4.85. The minimum atomic E-state index is -0.534. The molecule has 0 unspecified atom stereocenters. The van der Waals surface area contributed by atoms with Crippen LogP contribution in [0.4, 0.5) is 5.69 Å². The molecule has 1 aliphatic heterocycles. The number of fused-ring (bicyclic) bond motifs is 1. The third-order valence-electron chi connectivity index (χ3n) is 6.34. The Morgan fingerprint density at radius 2 is 1.72 bits per heavy atom. The number of hydrogen-bond acceptors (Lipinski definition) is 4. The molecule has 0 atom stereocenters. The van der Waals surface area contributed by atoms with Crippen LogP contribution in [-0.2, 0) is 16.6 Å². The second kappa shape index (κ2) is 7.71. The van der Waals surface area contributed by atoms with E-state index in [9.17, 15) is 9.59 Å². The zero-order valence-electron chi connectivity index (χ0n) is 17.8. The fraction of sp³-hybridized carbons (Fsp3) is 0.231. The van der Waals surface area contributed by atoms with E-state index in [0.29, 0.717) is 17.1 Å². The van der Waals surface area contributed by atoms with Crippen molar-refractivity contribution in [2.75, 3.05) is 12.1 Å². The molecule has 32 heavy (non-hydrogen) atoms. The molecule has 0 saturated heterocycles. The number of hydrogen-bond donors (Lipinski definition) is 2. The Balaban J connectivity index is 1.41. The van der Waals surface area contributed by atoms with E-state index in [2.05, 4.69) is 12.2 Å². The molecule has 3 N–H and O–H groups in total. The lowest BCUT2D eigenvalue weighted by molar-refractivity contribution is -0.118. The number of nitrogens with one attached hydrogen (secondary N) is 1. The number of primary amides is 1. The molecule has 1 aliphatic carbocycles. The fourth-order valence-corrected chi connectivity index (χ4v) is 4.26. The van der Waals surface area contributed by atoms with E-state index in [-0.39, 0.29) is 12.7 Å². The summed E-state index contributed by atoms with van der Waals surface area (Å²) >= 11 is 0. The number of aryl methyl sites for hydroxylation is 1. The van der Waals surface area contributed by atoms with Gasteiger partial charge in [-0.05, 0) is 77.9 Å². The van der Waals surface area contributed by atoms with Gasteiger partial charge in [0.2, 0.25) is 18.6 Å². The van der Waals surface area contributed by atoms with Crippen molar-refractivity contribution in [2.24, 2.45) is 5.73 Å². The molecule has 1 heterocycles. The van der Waals surface area contributed by atoms with Crippen LogP contribution >= 0.6 is 0 Å². The van der Waals surface area contributed by atoms with Crippen LogP contribution in [-0.4, -0.2) is 18.6 Å². The molecular formula is C26H24N2O4. The molecule has 2 aliphatic rings. The maximum atomic E-state index is 13.3. The van der Waals surface area contributed by atoms with Crippen LogP contribution in [0.3, 0.4) is 0 Å². The molecule has 0 spiro atoms. The fourth-order valence-electron chi connectivity index (χ4n) is 4.26. The van der Waals surface area contributed by atoms with Gasteiger partial charge in [0.05, 0.1) is 5.41 Å². The number of amides is 2. The van der Waals surface area contributed by atoms with E-state index in [0.717, 1.165) is 47.2 Å². The van der Waals surface area contributed by atoms with E-state index in [1.807, 2.05) is 48.5 Å². The average Bonchev–Trinajstić information content (AvgIpc) is 3.50. The van der Waals surface area contributed by atoms with Gasteiger partial charge < -0.3 is 20.5 Å². The zero-order chi connectivity index (χ0) is 22.3. The SMILES string of the molecule is CCc1ccc(NC(=O)C2(c3ccc4c(c3)OCO4)CC2)cc1-c1ccc(C(N)=O)cc1. The van der Waals surface area contributed by atoms with Crippen LogP contribution in [0.15, 0.2) is 60.7 Å². The van der Waals surface area contributed by atoms with E-state index in [1.54, 1.807) is 12.1 Å². The van der Waals surface area contributed by atoms with Gasteiger partial charge in [-0.2, -0.15) is 0 Å². The lowest BCUT2D eigenvalue weighted by Gasteiger charge is -2.18. The average molecular weight is 428 g/mol. The number of anilines is 1. The molecular weight excluding hydrogens is 404 g/mol. The Hall–Kier alpha value is -3.80. The Bertz CT molecular complexity index is 1210. The van der Waals surface area contributed by atoms with E-state index in [1.165, 1.54) is 0 Å². The third-order valence-corrected chi connectivity index (χ3v) is 6.34. The predicted octanol–water partition coefficient (Wildman–Crippen LogP) is 4.41. The second-order valence-corrected chi connectivity index (χ2v) is 8.27. The van der Waals surface area contributed by atoms with Crippen molar-refractivity contribution in [3.63, 3.8) is 0 Å². The molecule has 162 valence electrons. The molecule has 6 nitrogen and oxygen atoms in total. The molecule has 6 heteroatoms. The second-order valence-electron chi connectivity index (χ2n) is 8.27. The number of ether oxygens (including phenoxy) is 2. The van der Waals surface area contributed by atoms with Gasteiger partial charge in [0, 0.05) is 11.3 Å². The molecule has 2 amide bonds. The summed E-state index contributed by atoms with van der Waals surface area (Å²) < 4.78 is 10.9. The lowest BCUT2D eigenvalue weighted by Crippen LogP contribution is -2.27. The molecule has 0 radical (unpaired) electrons.